The summed E-state index contributed by atoms with van der Waals surface area (Å²) in [7, 11) is 2.13. The number of rotatable bonds is 9. The zero-order chi connectivity index (χ0) is 18.2. The first-order valence-corrected chi connectivity index (χ1v) is 9.53. The van der Waals surface area contributed by atoms with E-state index in [0.29, 0.717) is 12.6 Å². The van der Waals surface area contributed by atoms with Gasteiger partial charge in [-0.05, 0) is 49.1 Å². The van der Waals surface area contributed by atoms with Crippen molar-refractivity contribution < 1.29 is 4.74 Å². The molecule has 136 valence electrons. The van der Waals surface area contributed by atoms with E-state index in [1.54, 1.807) is 0 Å². The average molecular weight is 369 g/mol. The third-order valence-corrected chi connectivity index (χ3v) is 4.85. The molecule has 0 atom stereocenters. The lowest BCUT2D eigenvalue weighted by molar-refractivity contribution is 0.253. The summed E-state index contributed by atoms with van der Waals surface area (Å²) in [6.45, 7) is 2.61. The molecular formula is C20H24N4OS. The van der Waals surface area contributed by atoms with Crippen molar-refractivity contribution in [3.63, 3.8) is 0 Å². The van der Waals surface area contributed by atoms with Crippen LogP contribution in [-0.2, 0) is 6.42 Å². The van der Waals surface area contributed by atoms with E-state index in [4.69, 9.17) is 10.5 Å². The Morgan fingerprint density at radius 3 is 2.58 bits per heavy atom. The summed E-state index contributed by atoms with van der Waals surface area (Å²) in [5.74, 6) is 0. The lowest BCUT2D eigenvalue weighted by Crippen LogP contribution is -2.23. The van der Waals surface area contributed by atoms with Gasteiger partial charge in [-0.25, -0.2) is 0 Å². The second kappa shape index (κ2) is 9.31. The van der Waals surface area contributed by atoms with Crippen molar-refractivity contribution >= 4 is 17.2 Å². The van der Waals surface area contributed by atoms with Crippen molar-refractivity contribution in [1.29, 1.82) is 0 Å². The standard InChI is InChI=1S/C20H24N4OS/c1-24(14-12-16-8-10-18(21)11-9-16)13-5-15-25-20-22-19(26-23-20)17-6-3-2-4-7-17/h2-4,6-11H,5,12-15,21H2,1H3. The van der Waals surface area contributed by atoms with Crippen molar-refractivity contribution in [2.24, 2.45) is 0 Å². The van der Waals surface area contributed by atoms with Crippen LogP contribution in [0.2, 0.25) is 0 Å². The van der Waals surface area contributed by atoms with Gasteiger partial charge in [-0.1, -0.05) is 42.5 Å². The van der Waals surface area contributed by atoms with E-state index in [9.17, 15) is 0 Å². The number of benzene rings is 2. The van der Waals surface area contributed by atoms with Crippen LogP contribution in [0, 0.1) is 0 Å². The second-order valence-electron chi connectivity index (χ2n) is 6.25. The first kappa shape index (κ1) is 18.4. The minimum absolute atomic E-state index is 0.471. The Labute approximate surface area is 158 Å². The first-order chi connectivity index (χ1) is 12.7. The first-order valence-electron chi connectivity index (χ1n) is 8.75. The SMILES string of the molecule is CN(CCCOc1nsc(-c2ccccc2)n1)CCc1ccc(N)cc1. The van der Waals surface area contributed by atoms with E-state index in [-0.39, 0.29) is 0 Å². The number of ether oxygens (including phenoxy) is 1. The maximum atomic E-state index is 5.71. The van der Waals surface area contributed by atoms with Crippen LogP contribution < -0.4 is 10.5 Å². The zero-order valence-electron chi connectivity index (χ0n) is 15.0. The van der Waals surface area contributed by atoms with Gasteiger partial charge in [0.05, 0.1) is 6.61 Å². The molecule has 0 saturated heterocycles. The fourth-order valence-corrected chi connectivity index (χ4v) is 3.20. The van der Waals surface area contributed by atoms with Crippen LogP contribution in [0.25, 0.3) is 10.6 Å². The predicted octanol–water partition coefficient (Wildman–Crippen LogP) is 3.73. The van der Waals surface area contributed by atoms with Gasteiger partial charge < -0.3 is 15.4 Å². The van der Waals surface area contributed by atoms with Crippen LogP contribution in [0.1, 0.15) is 12.0 Å². The van der Waals surface area contributed by atoms with Gasteiger partial charge in [-0.3, -0.25) is 0 Å². The summed E-state index contributed by atoms with van der Waals surface area (Å²) in [6, 6.07) is 18.6. The number of nitrogens with zero attached hydrogens (tertiary/aromatic N) is 3. The zero-order valence-corrected chi connectivity index (χ0v) is 15.8. The summed E-state index contributed by atoms with van der Waals surface area (Å²) >= 11 is 1.37. The minimum Gasteiger partial charge on any atom is -0.463 e. The molecule has 1 aromatic heterocycles. The predicted molar refractivity (Wildman–Crippen MR) is 108 cm³/mol. The fraction of sp³-hybridized carbons (Fsp3) is 0.300. The van der Waals surface area contributed by atoms with Crippen molar-refractivity contribution in [3.8, 4) is 16.6 Å². The number of anilines is 1. The number of likely N-dealkylation sites (N-methyl/N-ethyl adjacent to an activating group) is 1. The Morgan fingerprint density at radius 2 is 1.81 bits per heavy atom. The summed E-state index contributed by atoms with van der Waals surface area (Å²) < 4.78 is 9.96. The number of hydrogen-bond acceptors (Lipinski definition) is 6. The van der Waals surface area contributed by atoms with E-state index in [1.165, 1.54) is 17.1 Å². The normalized spacial score (nSPS) is 11.0. The van der Waals surface area contributed by atoms with Crippen molar-refractivity contribution in [2.75, 3.05) is 32.5 Å². The molecule has 5 nitrogen and oxygen atoms in total. The molecule has 0 spiro atoms. The second-order valence-corrected chi connectivity index (χ2v) is 7.00. The van der Waals surface area contributed by atoms with Gasteiger partial charge in [0.15, 0.2) is 0 Å². The Hall–Kier alpha value is -2.44. The molecule has 0 bridgehead atoms. The topological polar surface area (TPSA) is 64.3 Å². The fourth-order valence-electron chi connectivity index (χ4n) is 2.58. The largest absolute Gasteiger partial charge is 0.463 e. The average Bonchev–Trinajstić information content (AvgIpc) is 3.14. The molecule has 2 N–H and O–H groups in total. The molecule has 2 aromatic carbocycles. The highest BCUT2D eigenvalue weighted by Gasteiger charge is 2.07. The Bertz CT molecular complexity index is 789. The summed E-state index contributed by atoms with van der Waals surface area (Å²) in [5, 5.41) is 0.890. The highest BCUT2D eigenvalue weighted by molar-refractivity contribution is 7.09. The summed E-state index contributed by atoms with van der Waals surface area (Å²) in [4.78, 5) is 6.75. The molecule has 0 amide bonds. The molecule has 0 unspecified atom stereocenters. The molecule has 0 aliphatic heterocycles. The van der Waals surface area contributed by atoms with Gasteiger partial charge in [0.2, 0.25) is 0 Å². The maximum absolute atomic E-state index is 5.71. The third-order valence-electron chi connectivity index (χ3n) is 4.11. The van der Waals surface area contributed by atoms with Crippen LogP contribution in [-0.4, -0.2) is 41.0 Å². The number of nitrogens with two attached hydrogens (primary N) is 1. The van der Waals surface area contributed by atoms with Crippen LogP contribution in [0.3, 0.4) is 0 Å². The lowest BCUT2D eigenvalue weighted by Gasteiger charge is -2.16. The molecule has 3 aromatic rings. The van der Waals surface area contributed by atoms with Gasteiger partial charge in [-0.2, -0.15) is 4.98 Å². The highest BCUT2D eigenvalue weighted by atomic mass is 32.1. The van der Waals surface area contributed by atoms with Crippen molar-refractivity contribution in [1.82, 2.24) is 14.3 Å². The molecule has 1 heterocycles. The van der Waals surface area contributed by atoms with Gasteiger partial charge in [0.25, 0.3) is 0 Å². The molecule has 0 aliphatic rings. The van der Waals surface area contributed by atoms with Crippen LogP contribution in [0.5, 0.6) is 6.01 Å². The van der Waals surface area contributed by atoms with E-state index >= 15 is 0 Å². The summed E-state index contributed by atoms with van der Waals surface area (Å²) in [5.41, 5.74) is 8.90. The quantitative estimate of drug-likeness (QED) is 0.460. The molecule has 26 heavy (non-hydrogen) atoms. The minimum atomic E-state index is 0.471. The highest BCUT2D eigenvalue weighted by Crippen LogP contribution is 2.23. The third kappa shape index (κ3) is 5.54. The van der Waals surface area contributed by atoms with Crippen molar-refractivity contribution in [2.45, 2.75) is 12.8 Å². The summed E-state index contributed by atoms with van der Waals surface area (Å²) in [6.07, 6.45) is 1.96. The lowest BCUT2D eigenvalue weighted by atomic mass is 10.1. The number of hydrogen-bond donors (Lipinski definition) is 1. The smallest absolute Gasteiger partial charge is 0.328 e. The molecule has 0 aliphatic carbocycles. The molecule has 0 fully saturated rings. The monoisotopic (exact) mass is 368 g/mol. The van der Waals surface area contributed by atoms with Gasteiger partial charge in [-0.15, -0.1) is 4.37 Å². The number of nitrogen functional groups attached to an aromatic ring is 1. The van der Waals surface area contributed by atoms with E-state index in [1.807, 2.05) is 42.5 Å². The van der Waals surface area contributed by atoms with E-state index < -0.39 is 0 Å². The van der Waals surface area contributed by atoms with Gasteiger partial charge in [0, 0.05) is 24.3 Å². The Morgan fingerprint density at radius 1 is 1.04 bits per heavy atom. The van der Waals surface area contributed by atoms with Crippen LogP contribution >= 0.6 is 11.5 Å². The molecular weight excluding hydrogens is 344 g/mol. The number of aromatic nitrogens is 2. The van der Waals surface area contributed by atoms with Gasteiger partial charge in [0.1, 0.15) is 5.01 Å². The maximum Gasteiger partial charge on any atom is 0.328 e. The molecule has 3 rings (SSSR count). The Balaban J connectivity index is 1.35. The van der Waals surface area contributed by atoms with E-state index in [2.05, 4.69) is 33.4 Å². The molecule has 0 radical (unpaired) electrons. The molecule has 0 saturated carbocycles. The van der Waals surface area contributed by atoms with Gasteiger partial charge >= 0.3 is 6.01 Å². The van der Waals surface area contributed by atoms with E-state index in [0.717, 1.165) is 42.2 Å². The van der Waals surface area contributed by atoms with Crippen LogP contribution in [0.15, 0.2) is 54.6 Å². The Kier molecular flexibility index (Phi) is 6.57. The molecule has 6 heteroatoms. The van der Waals surface area contributed by atoms with Crippen molar-refractivity contribution in [3.05, 3.63) is 60.2 Å². The van der Waals surface area contributed by atoms with Crippen LogP contribution in [0.4, 0.5) is 5.69 Å².